The first-order valence-electron chi connectivity index (χ1n) is 7.55. The summed E-state index contributed by atoms with van der Waals surface area (Å²) in [5.41, 5.74) is 0.942. The minimum absolute atomic E-state index is 0. The van der Waals surface area contributed by atoms with Crippen LogP contribution in [0.1, 0.15) is 17.7 Å². The zero-order chi connectivity index (χ0) is 15.4. The molecule has 3 rings (SSSR count). The van der Waals surface area contributed by atoms with E-state index in [9.17, 15) is 4.79 Å². The fourth-order valence-corrected chi connectivity index (χ4v) is 3.69. The lowest BCUT2D eigenvalue weighted by molar-refractivity contribution is -0.118. The van der Waals surface area contributed by atoms with Crippen LogP contribution in [0.25, 0.3) is 0 Å². The second-order valence-electron chi connectivity index (χ2n) is 5.48. The van der Waals surface area contributed by atoms with Crippen LogP contribution in [0, 0.1) is 0 Å². The Labute approximate surface area is 152 Å². The summed E-state index contributed by atoms with van der Waals surface area (Å²) in [6.07, 6.45) is 2.43. The van der Waals surface area contributed by atoms with E-state index < -0.39 is 0 Å². The van der Waals surface area contributed by atoms with Crippen molar-refractivity contribution in [2.75, 3.05) is 18.0 Å². The first-order chi connectivity index (χ1) is 10.7. The van der Waals surface area contributed by atoms with Gasteiger partial charge in [-0.3, -0.25) is 4.79 Å². The third kappa shape index (κ3) is 4.70. The predicted molar refractivity (Wildman–Crippen MR) is 100 cm³/mol. The molecule has 2 heterocycles. The van der Waals surface area contributed by atoms with E-state index in [-0.39, 0.29) is 24.4 Å². The molecule has 23 heavy (non-hydrogen) atoms. The summed E-state index contributed by atoms with van der Waals surface area (Å²) in [7, 11) is 0. The maximum atomic E-state index is 12.9. The zero-order valence-electron chi connectivity index (χ0n) is 12.7. The number of rotatable bonds is 4. The fourth-order valence-electron chi connectivity index (χ4n) is 2.87. The van der Waals surface area contributed by atoms with Gasteiger partial charge in [0.05, 0.1) is 6.42 Å². The lowest BCUT2D eigenvalue weighted by Gasteiger charge is -2.35. The molecule has 0 bridgehead atoms. The van der Waals surface area contributed by atoms with Crippen LogP contribution in [0.3, 0.4) is 0 Å². The summed E-state index contributed by atoms with van der Waals surface area (Å²) in [5, 5.41) is 6.07. The van der Waals surface area contributed by atoms with Gasteiger partial charge < -0.3 is 10.2 Å². The molecular formula is C17H20Cl2N2OS. The SMILES string of the molecule is Cl.O=C(Cc1cccs1)N(c1ccc(Cl)cc1)C1CCNCC1. The van der Waals surface area contributed by atoms with Crippen molar-refractivity contribution in [1.29, 1.82) is 0 Å². The van der Waals surface area contributed by atoms with Gasteiger partial charge in [0.2, 0.25) is 5.91 Å². The Morgan fingerprint density at radius 1 is 1.22 bits per heavy atom. The van der Waals surface area contributed by atoms with Crippen LogP contribution in [0.2, 0.25) is 5.02 Å². The van der Waals surface area contributed by atoms with Crippen molar-refractivity contribution in [2.45, 2.75) is 25.3 Å². The lowest BCUT2D eigenvalue weighted by atomic mass is 10.0. The van der Waals surface area contributed by atoms with E-state index in [2.05, 4.69) is 5.32 Å². The number of anilines is 1. The minimum Gasteiger partial charge on any atom is -0.317 e. The summed E-state index contributed by atoms with van der Waals surface area (Å²) in [6, 6.07) is 11.9. The molecule has 0 saturated carbocycles. The first-order valence-corrected chi connectivity index (χ1v) is 8.80. The van der Waals surface area contributed by atoms with E-state index >= 15 is 0 Å². The fraction of sp³-hybridized carbons (Fsp3) is 0.353. The summed E-state index contributed by atoms with van der Waals surface area (Å²) in [5.74, 6) is 0.164. The monoisotopic (exact) mass is 370 g/mol. The van der Waals surface area contributed by atoms with E-state index in [0.29, 0.717) is 11.4 Å². The molecule has 1 fully saturated rings. The topological polar surface area (TPSA) is 32.3 Å². The molecule has 0 atom stereocenters. The maximum absolute atomic E-state index is 12.9. The van der Waals surface area contributed by atoms with Crippen LogP contribution in [-0.2, 0) is 11.2 Å². The quantitative estimate of drug-likeness (QED) is 0.876. The van der Waals surface area contributed by atoms with Crippen LogP contribution in [0.5, 0.6) is 0 Å². The Morgan fingerprint density at radius 2 is 1.91 bits per heavy atom. The molecule has 3 nitrogen and oxygen atoms in total. The van der Waals surface area contributed by atoms with E-state index in [1.165, 1.54) is 0 Å². The van der Waals surface area contributed by atoms with Crippen LogP contribution in [0.4, 0.5) is 5.69 Å². The van der Waals surface area contributed by atoms with Gasteiger partial charge >= 0.3 is 0 Å². The third-order valence-electron chi connectivity index (χ3n) is 3.95. The molecule has 0 spiro atoms. The Hall–Kier alpha value is -1.07. The number of nitrogens with zero attached hydrogens (tertiary/aromatic N) is 1. The van der Waals surface area contributed by atoms with Gasteiger partial charge in [-0.2, -0.15) is 0 Å². The van der Waals surface area contributed by atoms with Crippen molar-refractivity contribution in [2.24, 2.45) is 0 Å². The van der Waals surface area contributed by atoms with Gasteiger partial charge in [-0.25, -0.2) is 0 Å². The molecule has 124 valence electrons. The molecule has 0 unspecified atom stereocenters. The molecule has 6 heteroatoms. The molecule has 1 aromatic carbocycles. The Balaban J connectivity index is 0.00000192. The number of thiophene rings is 1. The Morgan fingerprint density at radius 3 is 2.52 bits per heavy atom. The van der Waals surface area contributed by atoms with Crippen molar-refractivity contribution < 1.29 is 4.79 Å². The van der Waals surface area contributed by atoms with Gasteiger partial charge in [-0.15, -0.1) is 23.7 Å². The smallest absolute Gasteiger partial charge is 0.232 e. The highest BCUT2D eigenvalue weighted by Gasteiger charge is 2.26. The van der Waals surface area contributed by atoms with Crippen LogP contribution in [0.15, 0.2) is 41.8 Å². The Kier molecular flexibility index (Phi) is 6.90. The molecule has 2 aromatic rings. The molecular weight excluding hydrogens is 351 g/mol. The summed E-state index contributed by atoms with van der Waals surface area (Å²) in [4.78, 5) is 16.0. The van der Waals surface area contributed by atoms with Crippen molar-refractivity contribution in [3.05, 3.63) is 51.7 Å². The van der Waals surface area contributed by atoms with Crippen LogP contribution >= 0.6 is 35.3 Å². The second-order valence-corrected chi connectivity index (χ2v) is 6.95. The van der Waals surface area contributed by atoms with Crippen molar-refractivity contribution >= 4 is 46.9 Å². The maximum Gasteiger partial charge on any atom is 0.232 e. The average molecular weight is 371 g/mol. The van der Waals surface area contributed by atoms with Crippen LogP contribution in [-0.4, -0.2) is 25.0 Å². The van der Waals surface area contributed by atoms with Crippen molar-refractivity contribution in [1.82, 2.24) is 5.32 Å². The number of carbonyl (C=O) groups excluding carboxylic acids is 1. The van der Waals surface area contributed by atoms with E-state index in [1.807, 2.05) is 46.7 Å². The first kappa shape index (κ1) is 18.3. The number of piperidine rings is 1. The number of amides is 1. The van der Waals surface area contributed by atoms with E-state index in [0.717, 1.165) is 36.5 Å². The van der Waals surface area contributed by atoms with Gasteiger partial charge in [0.25, 0.3) is 0 Å². The number of benzene rings is 1. The van der Waals surface area contributed by atoms with Gasteiger partial charge in [-0.1, -0.05) is 17.7 Å². The third-order valence-corrected chi connectivity index (χ3v) is 5.08. The molecule has 1 aliphatic heterocycles. The number of hydrogen-bond acceptors (Lipinski definition) is 3. The highest BCUT2D eigenvalue weighted by Crippen LogP contribution is 2.25. The molecule has 1 saturated heterocycles. The van der Waals surface area contributed by atoms with E-state index in [1.54, 1.807) is 11.3 Å². The average Bonchev–Trinajstić information content (AvgIpc) is 3.03. The van der Waals surface area contributed by atoms with Crippen LogP contribution < -0.4 is 10.2 Å². The van der Waals surface area contributed by atoms with Crippen molar-refractivity contribution in [3.8, 4) is 0 Å². The lowest BCUT2D eigenvalue weighted by Crippen LogP contribution is -2.47. The highest BCUT2D eigenvalue weighted by atomic mass is 35.5. The largest absolute Gasteiger partial charge is 0.317 e. The molecule has 1 aromatic heterocycles. The number of hydrogen-bond donors (Lipinski definition) is 1. The number of carbonyl (C=O) groups is 1. The number of nitrogens with one attached hydrogen (secondary N) is 1. The molecule has 1 aliphatic rings. The van der Waals surface area contributed by atoms with E-state index in [4.69, 9.17) is 11.6 Å². The molecule has 0 aliphatic carbocycles. The molecule has 1 N–H and O–H groups in total. The standard InChI is InChI=1S/C17H19ClN2OS.ClH/c18-13-3-5-14(6-4-13)20(15-7-9-19-10-8-15)17(21)12-16-2-1-11-22-16;/h1-6,11,15,19H,7-10,12H2;1H. The highest BCUT2D eigenvalue weighted by molar-refractivity contribution is 7.10. The summed E-state index contributed by atoms with van der Waals surface area (Å²) >= 11 is 7.62. The molecule has 1 amide bonds. The second kappa shape index (κ2) is 8.69. The van der Waals surface area contributed by atoms with Gasteiger partial charge in [0, 0.05) is 21.6 Å². The zero-order valence-corrected chi connectivity index (χ0v) is 15.1. The summed E-state index contributed by atoms with van der Waals surface area (Å²) in [6.45, 7) is 1.92. The van der Waals surface area contributed by atoms with Gasteiger partial charge in [0.1, 0.15) is 0 Å². The Bertz CT molecular complexity index is 610. The summed E-state index contributed by atoms with van der Waals surface area (Å²) < 4.78 is 0. The predicted octanol–water partition coefficient (Wildman–Crippen LogP) is 4.15. The normalized spacial score (nSPS) is 15.0. The number of halogens is 2. The van der Waals surface area contributed by atoms with Gasteiger partial charge in [-0.05, 0) is 61.6 Å². The van der Waals surface area contributed by atoms with Gasteiger partial charge in [0.15, 0.2) is 0 Å². The minimum atomic E-state index is 0. The van der Waals surface area contributed by atoms with Crippen molar-refractivity contribution in [3.63, 3.8) is 0 Å². The molecule has 0 radical (unpaired) electrons.